The van der Waals surface area contributed by atoms with Gasteiger partial charge in [-0.3, -0.25) is 9.59 Å². The van der Waals surface area contributed by atoms with Gasteiger partial charge in [-0.25, -0.2) is 0 Å². The van der Waals surface area contributed by atoms with Gasteiger partial charge in [-0.15, -0.1) is 0 Å². The number of benzene rings is 2. The van der Waals surface area contributed by atoms with Gasteiger partial charge >= 0.3 is 0 Å². The number of amides is 2. The normalized spacial score (nSPS) is 16.1. The molecule has 1 aliphatic rings. The molecule has 0 unspecified atom stereocenters. The molecule has 0 heterocycles. The molecule has 2 aromatic rings. The number of aryl methyl sites for hydroxylation is 1. The van der Waals surface area contributed by atoms with Gasteiger partial charge in [0.25, 0.3) is 5.91 Å². The summed E-state index contributed by atoms with van der Waals surface area (Å²) in [5, 5.41) is 6.03. The number of carbonyl (C=O) groups excluding carboxylic acids is 2. The molecule has 2 aromatic carbocycles. The summed E-state index contributed by atoms with van der Waals surface area (Å²) in [7, 11) is 0. The molecule has 2 amide bonds. The molecule has 1 saturated carbocycles. The Balaban J connectivity index is 1.64. The highest BCUT2D eigenvalue weighted by Crippen LogP contribution is 2.43. The smallest absolute Gasteiger partial charge is 0.251 e. The Bertz CT molecular complexity index is 808. The Hall–Kier alpha value is -2.62. The largest absolute Gasteiger partial charge is 0.353 e. The lowest BCUT2D eigenvalue weighted by Crippen LogP contribution is -2.53. The number of hydrogen-bond acceptors (Lipinski definition) is 2. The first-order chi connectivity index (χ1) is 13.4. The second kappa shape index (κ2) is 8.59. The molecule has 1 atom stereocenters. The summed E-state index contributed by atoms with van der Waals surface area (Å²) < 4.78 is 0. The van der Waals surface area contributed by atoms with Gasteiger partial charge in [-0.2, -0.15) is 0 Å². The van der Waals surface area contributed by atoms with E-state index in [-0.39, 0.29) is 23.1 Å². The van der Waals surface area contributed by atoms with Gasteiger partial charge in [-0.05, 0) is 43.4 Å². The topological polar surface area (TPSA) is 58.2 Å². The minimum Gasteiger partial charge on any atom is -0.353 e. The Morgan fingerprint density at radius 2 is 1.64 bits per heavy atom. The summed E-state index contributed by atoms with van der Waals surface area (Å²) in [6.07, 6.45) is 3.35. The van der Waals surface area contributed by atoms with Crippen molar-refractivity contribution in [3.8, 4) is 0 Å². The molecule has 4 nitrogen and oxygen atoms in total. The molecule has 1 fully saturated rings. The Kier molecular flexibility index (Phi) is 6.18. The van der Waals surface area contributed by atoms with Crippen LogP contribution in [0.15, 0.2) is 54.6 Å². The van der Waals surface area contributed by atoms with E-state index >= 15 is 0 Å². The Labute approximate surface area is 167 Å². The second-order valence-corrected chi connectivity index (χ2v) is 8.28. The van der Waals surface area contributed by atoms with E-state index in [9.17, 15) is 9.59 Å². The molecule has 148 valence electrons. The van der Waals surface area contributed by atoms with Crippen LogP contribution in [0.25, 0.3) is 0 Å². The maximum absolute atomic E-state index is 12.9. The fraction of sp³-hybridized carbons (Fsp3) is 0.417. The highest BCUT2D eigenvalue weighted by Gasteiger charge is 2.39. The van der Waals surface area contributed by atoms with Gasteiger partial charge in [0.05, 0.1) is 0 Å². The molecule has 2 N–H and O–H groups in total. The van der Waals surface area contributed by atoms with Gasteiger partial charge in [-0.1, -0.05) is 68.3 Å². The molecule has 1 aliphatic carbocycles. The summed E-state index contributed by atoms with van der Waals surface area (Å²) in [5.41, 5.74) is 2.98. The van der Waals surface area contributed by atoms with Crippen molar-refractivity contribution in [2.45, 2.75) is 51.5 Å². The fourth-order valence-corrected chi connectivity index (χ4v) is 3.79. The third kappa shape index (κ3) is 4.44. The van der Waals surface area contributed by atoms with Gasteiger partial charge in [0.1, 0.15) is 6.04 Å². The summed E-state index contributed by atoms with van der Waals surface area (Å²) in [6.45, 7) is 6.50. The van der Waals surface area contributed by atoms with E-state index in [4.69, 9.17) is 0 Å². The fourth-order valence-electron chi connectivity index (χ4n) is 3.79. The lowest BCUT2D eigenvalue weighted by Gasteiger charge is -2.43. The maximum Gasteiger partial charge on any atom is 0.251 e. The van der Waals surface area contributed by atoms with E-state index in [0.717, 1.165) is 18.4 Å². The monoisotopic (exact) mass is 378 g/mol. The van der Waals surface area contributed by atoms with Crippen LogP contribution in [0.4, 0.5) is 0 Å². The second-order valence-electron chi connectivity index (χ2n) is 8.28. The molecule has 0 aromatic heterocycles. The number of carbonyl (C=O) groups is 2. The number of nitrogens with one attached hydrogen (secondary N) is 2. The highest BCUT2D eigenvalue weighted by molar-refractivity contribution is 5.97. The van der Waals surface area contributed by atoms with E-state index < -0.39 is 6.04 Å². The maximum atomic E-state index is 12.9. The lowest BCUT2D eigenvalue weighted by molar-refractivity contribution is -0.124. The van der Waals surface area contributed by atoms with Crippen LogP contribution in [0, 0.1) is 12.8 Å². The van der Waals surface area contributed by atoms with Crippen molar-refractivity contribution < 1.29 is 9.59 Å². The first-order valence-electron chi connectivity index (χ1n) is 10.1. The minimum atomic E-state index is -0.554. The average molecular weight is 379 g/mol. The first-order valence-corrected chi connectivity index (χ1v) is 10.1. The van der Waals surface area contributed by atoms with E-state index in [1.165, 1.54) is 12.0 Å². The van der Waals surface area contributed by atoms with Gasteiger partial charge in [0.2, 0.25) is 5.91 Å². The van der Waals surface area contributed by atoms with Crippen LogP contribution < -0.4 is 10.6 Å². The van der Waals surface area contributed by atoms with Crippen molar-refractivity contribution in [3.05, 3.63) is 71.3 Å². The van der Waals surface area contributed by atoms with Gasteiger partial charge in [0, 0.05) is 17.5 Å². The number of hydrogen-bond donors (Lipinski definition) is 2. The van der Waals surface area contributed by atoms with Crippen molar-refractivity contribution in [2.24, 2.45) is 5.92 Å². The summed E-state index contributed by atoms with van der Waals surface area (Å²) in [5.74, 6) is -0.323. The van der Waals surface area contributed by atoms with Crippen LogP contribution in [0.1, 0.15) is 54.6 Å². The summed E-state index contributed by atoms with van der Waals surface area (Å²) >= 11 is 0. The van der Waals surface area contributed by atoms with Crippen LogP contribution in [0.5, 0.6) is 0 Å². The van der Waals surface area contributed by atoms with Crippen molar-refractivity contribution in [1.29, 1.82) is 0 Å². The van der Waals surface area contributed by atoms with E-state index in [1.54, 1.807) is 12.1 Å². The molecule has 3 rings (SSSR count). The number of rotatable bonds is 7. The van der Waals surface area contributed by atoms with Crippen LogP contribution >= 0.6 is 0 Å². The van der Waals surface area contributed by atoms with Crippen LogP contribution in [-0.2, 0) is 10.2 Å². The molecular formula is C24H30N2O2. The van der Waals surface area contributed by atoms with E-state index in [0.29, 0.717) is 12.1 Å². The Morgan fingerprint density at radius 1 is 1.00 bits per heavy atom. The third-order valence-electron chi connectivity index (χ3n) is 5.85. The first kappa shape index (κ1) is 20.1. The quantitative estimate of drug-likeness (QED) is 0.765. The van der Waals surface area contributed by atoms with Crippen molar-refractivity contribution in [2.75, 3.05) is 6.54 Å². The molecule has 0 spiro atoms. The molecule has 4 heteroatoms. The highest BCUT2D eigenvalue weighted by atomic mass is 16.2. The van der Waals surface area contributed by atoms with Crippen LogP contribution in [0.3, 0.4) is 0 Å². The molecule has 0 radical (unpaired) electrons. The molecule has 0 aliphatic heterocycles. The van der Waals surface area contributed by atoms with Crippen molar-refractivity contribution >= 4 is 11.8 Å². The van der Waals surface area contributed by atoms with Crippen molar-refractivity contribution in [1.82, 2.24) is 10.6 Å². The Morgan fingerprint density at radius 3 is 2.18 bits per heavy atom. The zero-order valence-electron chi connectivity index (χ0n) is 17.0. The van der Waals surface area contributed by atoms with E-state index in [1.807, 2.05) is 39.0 Å². The lowest BCUT2D eigenvalue weighted by atomic mass is 9.64. The summed E-state index contributed by atoms with van der Waals surface area (Å²) in [4.78, 5) is 25.5. The van der Waals surface area contributed by atoms with Gasteiger partial charge in [0.15, 0.2) is 0 Å². The predicted molar refractivity (Wildman–Crippen MR) is 112 cm³/mol. The molecule has 28 heavy (non-hydrogen) atoms. The minimum absolute atomic E-state index is 0.00321. The zero-order valence-corrected chi connectivity index (χ0v) is 17.0. The van der Waals surface area contributed by atoms with Crippen LogP contribution in [0.2, 0.25) is 0 Å². The predicted octanol–water partition coefficient (Wildman–Crippen LogP) is 3.99. The SMILES string of the molecule is Cc1ccc(C(=O)N[C@@H](C(=O)NCC2(c3ccccc3)CCC2)C(C)C)cc1. The average Bonchev–Trinajstić information content (AvgIpc) is 2.66. The third-order valence-corrected chi connectivity index (χ3v) is 5.85. The van der Waals surface area contributed by atoms with Crippen molar-refractivity contribution in [3.63, 3.8) is 0 Å². The van der Waals surface area contributed by atoms with Gasteiger partial charge < -0.3 is 10.6 Å². The summed E-state index contributed by atoms with van der Waals surface area (Å²) in [6, 6.07) is 17.2. The molecule has 0 saturated heterocycles. The molecule has 0 bridgehead atoms. The zero-order chi connectivity index (χ0) is 20.1. The molecular weight excluding hydrogens is 348 g/mol. The van der Waals surface area contributed by atoms with E-state index in [2.05, 4.69) is 34.9 Å². The van der Waals surface area contributed by atoms with Crippen LogP contribution in [-0.4, -0.2) is 24.4 Å². The standard InChI is InChI=1S/C24H30N2O2/c1-17(2)21(26-22(27)19-12-10-18(3)11-13-19)23(28)25-16-24(14-7-15-24)20-8-5-4-6-9-20/h4-6,8-13,17,21H,7,14-16H2,1-3H3,(H,25,28)(H,26,27)/t21-/m1/s1.